The fraction of sp³-hybridized carbons (Fsp3) is 0.316. The average Bonchev–Trinajstić information content (AvgIpc) is 2.59. The first kappa shape index (κ1) is 15.7. The van der Waals surface area contributed by atoms with Crippen LogP contribution in [0.4, 0.5) is 0 Å². The molecule has 2 unspecified atom stereocenters. The lowest BCUT2D eigenvalue weighted by molar-refractivity contribution is -0.120. The Hall–Kier alpha value is -2.17. The van der Waals surface area contributed by atoms with Crippen molar-refractivity contribution in [1.82, 2.24) is 5.32 Å². The minimum Gasteiger partial charge on any atom is -0.384 e. The van der Waals surface area contributed by atoms with Gasteiger partial charge in [0.1, 0.15) is 0 Å². The maximum Gasteiger partial charge on any atom is 0.234 e. The van der Waals surface area contributed by atoms with Crippen molar-refractivity contribution < 1.29 is 9.53 Å². The highest BCUT2D eigenvalue weighted by Crippen LogP contribution is 2.36. The molecule has 23 heavy (non-hydrogen) atoms. The van der Waals surface area contributed by atoms with E-state index in [0.717, 1.165) is 0 Å². The van der Waals surface area contributed by atoms with Gasteiger partial charge in [0, 0.05) is 19.1 Å². The predicted molar refractivity (Wildman–Crippen MR) is 90.1 cm³/mol. The van der Waals surface area contributed by atoms with Gasteiger partial charge in [0.05, 0.1) is 12.6 Å². The van der Waals surface area contributed by atoms with E-state index < -0.39 is 0 Å². The molecule has 4 heteroatoms. The number of hydrogen-bond acceptors (Lipinski definition) is 3. The molecule has 1 amide bonds. The van der Waals surface area contributed by atoms with E-state index in [1.807, 2.05) is 30.3 Å². The molecule has 0 aliphatic carbocycles. The Labute approximate surface area is 136 Å². The number of primary amides is 1. The predicted octanol–water partition coefficient (Wildman–Crippen LogP) is 2.16. The maximum absolute atomic E-state index is 11.8. The molecule has 4 nitrogen and oxygen atoms in total. The molecule has 3 atom stereocenters. The normalized spacial score (nSPS) is 21.4. The number of amides is 1. The molecule has 1 heterocycles. The van der Waals surface area contributed by atoms with Gasteiger partial charge in [-0.3, -0.25) is 10.1 Å². The van der Waals surface area contributed by atoms with Gasteiger partial charge in [-0.1, -0.05) is 54.6 Å². The Morgan fingerprint density at radius 1 is 1.22 bits per heavy atom. The number of nitrogens with two attached hydrogens (primary N) is 1. The minimum atomic E-state index is -0.349. The second-order valence-electron chi connectivity index (χ2n) is 5.97. The van der Waals surface area contributed by atoms with Gasteiger partial charge in [-0.05, 0) is 23.1 Å². The minimum absolute atomic E-state index is 0.000185. The van der Waals surface area contributed by atoms with Gasteiger partial charge in [0.15, 0.2) is 0 Å². The van der Waals surface area contributed by atoms with E-state index in [4.69, 9.17) is 10.5 Å². The van der Waals surface area contributed by atoms with Crippen LogP contribution in [0.15, 0.2) is 54.6 Å². The summed E-state index contributed by atoms with van der Waals surface area (Å²) in [6.45, 7) is 0.571. The summed E-state index contributed by atoms with van der Waals surface area (Å²) in [5, 5.41) is 3.44. The van der Waals surface area contributed by atoms with Crippen molar-refractivity contribution in [2.45, 2.75) is 24.4 Å². The Kier molecular flexibility index (Phi) is 4.74. The van der Waals surface area contributed by atoms with E-state index in [9.17, 15) is 4.79 Å². The smallest absolute Gasteiger partial charge is 0.234 e. The third-order valence-electron chi connectivity index (χ3n) is 4.51. The number of benzene rings is 2. The Bertz CT molecular complexity index is 672. The largest absolute Gasteiger partial charge is 0.384 e. The number of carbonyl (C=O) groups excluding carboxylic acids is 1. The molecule has 3 rings (SSSR count). The fourth-order valence-corrected chi connectivity index (χ4v) is 3.39. The number of ether oxygens (including phenoxy) is 1. The number of hydrogen-bond donors (Lipinski definition) is 2. The van der Waals surface area contributed by atoms with Crippen LogP contribution in [0.2, 0.25) is 0 Å². The van der Waals surface area contributed by atoms with Crippen molar-refractivity contribution in [3.8, 4) is 0 Å². The van der Waals surface area contributed by atoms with Crippen LogP contribution in [0.1, 0.15) is 28.7 Å². The quantitative estimate of drug-likeness (QED) is 0.889. The molecular formula is C19H22N2O2. The molecule has 1 aliphatic heterocycles. The van der Waals surface area contributed by atoms with Crippen molar-refractivity contribution in [3.05, 3.63) is 71.3 Å². The van der Waals surface area contributed by atoms with Gasteiger partial charge in [-0.2, -0.15) is 0 Å². The Balaban J connectivity index is 2.02. The lowest BCUT2D eigenvalue weighted by Gasteiger charge is -2.36. The highest BCUT2D eigenvalue weighted by Gasteiger charge is 2.34. The van der Waals surface area contributed by atoms with Crippen molar-refractivity contribution in [2.75, 3.05) is 13.7 Å². The molecule has 0 bridgehead atoms. The molecule has 3 N–H and O–H groups in total. The molecule has 0 saturated heterocycles. The lowest BCUT2D eigenvalue weighted by atomic mass is 9.81. The molecule has 120 valence electrons. The van der Waals surface area contributed by atoms with E-state index in [1.54, 1.807) is 7.11 Å². The number of fused-ring (bicyclic) bond motifs is 1. The van der Waals surface area contributed by atoms with E-state index in [0.29, 0.717) is 13.0 Å². The van der Waals surface area contributed by atoms with Gasteiger partial charge in [-0.25, -0.2) is 0 Å². The van der Waals surface area contributed by atoms with Gasteiger partial charge in [0.2, 0.25) is 5.91 Å². The zero-order valence-electron chi connectivity index (χ0n) is 13.2. The summed E-state index contributed by atoms with van der Waals surface area (Å²) in [4.78, 5) is 11.8. The summed E-state index contributed by atoms with van der Waals surface area (Å²) >= 11 is 0. The van der Waals surface area contributed by atoms with Crippen LogP contribution in [-0.4, -0.2) is 25.7 Å². The number of methoxy groups -OCH3 is 1. The Morgan fingerprint density at radius 3 is 2.61 bits per heavy atom. The Morgan fingerprint density at radius 2 is 1.91 bits per heavy atom. The van der Waals surface area contributed by atoms with Crippen molar-refractivity contribution in [2.24, 2.45) is 5.73 Å². The third kappa shape index (κ3) is 3.28. The summed E-state index contributed by atoms with van der Waals surface area (Å²) in [7, 11) is 1.70. The van der Waals surface area contributed by atoms with Crippen LogP contribution in [0.25, 0.3) is 0 Å². The monoisotopic (exact) mass is 310 g/mol. The van der Waals surface area contributed by atoms with Crippen LogP contribution in [-0.2, 0) is 16.0 Å². The third-order valence-corrected chi connectivity index (χ3v) is 4.51. The molecule has 2 aromatic rings. The molecule has 0 saturated carbocycles. The molecular weight excluding hydrogens is 288 g/mol. The summed E-state index contributed by atoms with van der Waals surface area (Å²) in [5.41, 5.74) is 9.15. The van der Waals surface area contributed by atoms with Gasteiger partial charge in [-0.15, -0.1) is 0 Å². The van der Waals surface area contributed by atoms with Crippen LogP contribution >= 0.6 is 0 Å². The van der Waals surface area contributed by atoms with Gasteiger partial charge in [0.25, 0.3) is 0 Å². The van der Waals surface area contributed by atoms with Crippen LogP contribution < -0.4 is 11.1 Å². The first-order chi connectivity index (χ1) is 11.2. The molecule has 1 aliphatic rings. The zero-order chi connectivity index (χ0) is 16.2. The molecule has 0 fully saturated rings. The SMILES string of the molecule is COC[C@@H](c1ccccc1)C1NC(C(N)=O)Cc2ccccc21. The maximum atomic E-state index is 11.8. The molecule has 0 spiro atoms. The highest BCUT2D eigenvalue weighted by atomic mass is 16.5. The van der Waals surface area contributed by atoms with E-state index in [1.165, 1.54) is 16.7 Å². The standard InChI is InChI=1S/C19H22N2O2/c1-23-12-16(13-7-3-2-4-8-13)18-15-10-6-5-9-14(15)11-17(21-18)19(20)22/h2-10,16-18,21H,11-12H2,1H3,(H2,20,22)/t16-,17?,18?/m0/s1. The van der Waals surface area contributed by atoms with Gasteiger partial charge < -0.3 is 10.5 Å². The van der Waals surface area contributed by atoms with Crippen molar-refractivity contribution in [1.29, 1.82) is 0 Å². The van der Waals surface area contributed by atoms with Crippen molar-refractivity contribution in [3.63, 3.8) is 0 Å². The second-order valence-corrected chi connectivity index (χ2v) is 5.97. The summed E-state index contributed by atoms with van der Waals surface area (Å²) < 4.78 is 5.47. The summed E-state index contributed by atoms with van der Waals surface area (Å²) in [6.07, 6.45) is 0.635. The zero-order valence-corrected chi connectivity index (χ0v) is 13.2. The van der Waals surface area contributed by atoms with Crippen molar-refractivity contribution >= 4 is 5.91 Å². The van der Waals surface area contributed by atoms with E-state index in [2.05, 4.69) is 29.6 Å². The highest BCUT2D eigenvalue weighted by molar-refractivity contribution is 5.80. The van der Waals surface area contributed by atoms with Crippen LogP contribution in [0.5, 0.6) is 0 Å². The first-order valence-corrected chi connectivity index (χ1v) is 7.87. The number of nitrogens with one attached hydrogen (secondary N) is 1. The summed E-state index contributed by atoms with van der Waals surface area (Å²) in [6, 6.07) is 18.1. The number of rotatable bonds is 5. The van der Waals surface area contributed by atoms with E-state index >= 15 is 0 Å². The van der Waals surface area contributed by atoms with E-state index in [-0.39, 0.29) is 23.9 Å². The first-order valence-electron chi connectivity index (χ1n) is 7.87. The second kappa shape index (κ2) is 6.94. The lowest BCUT2D eigenvalue weighted by Crippen LogP contribution is -2.49. The average molecular weight is 310 g/mol. The number of carbonyl (C=O) groups is 1. The molecule has 0 aromatic heterocycles. The topological polar surface area (TPSA) is 64.3 Å². The van der Waals surface area contributed by atoms with Gasteiger partial charge >= 0.3 is 0 Å². The van der Waals surface area contributed by atoms with Crippen LogP contribution in [0, 0.1) is 0 Å². The summed E-state index contributed by atoms with van der Waals surface area (Å²) in [5.74, 6) is -0.196. The molecule has 2 aromatic carbocycles. The fourth-order valence-electron chi connectivity index (χ4n) is 3.39. The van der Waals surface area contributed by atoms with Crippen LogP contribution in [0.3, 0.4) is 0 Å². The molecule has 0 radical (unpaired) electrons.